The molecule has 5 heteroatoms. The molecule has 3 N–H and O–H groups in total. The quantitative estimate of drug-likeness (QED) is 0.774. The number of aliphatic hydroxyl groups excluding tert-OH is 1. The molecule has 0 radical (unpaired) electrons. The summed E-state index contributed by atoms with van der Waals surface area (Å²) in [4.78, 5) is 0.130. The number of unbranched alkanes of at least 4 members (excludes halogenated alkanes) is 1. The Morgan fingerprint density at radius 2 is 1.86 bits per heavy atom. The van der Waals surface area contributed by atoms with Gasteiger partial charge in [-0.25, -0.2) is 13.6 Å². The van der Waals surface area contributed by atoms with Gasteiger partial charge in [-0.1, -0.05) is 58.2 Å². The van der Waals surface area contributed by atoms with Crippen LogP contribution in [0.3, 0.4) is 0 Å². The lowest BCUT2D eigenvalue weighted by Gasteiger charge is -2.30. The van der Waals surface area contributed by atoms with Crippen LogP contribution in [0.25, 0.3) is 0 Å². The van der Waals surface area contributed by atoms with Crippen molar-refractivity contribution in [3.05, 3.63) is 29.8 Å². The fraction of sp³-hybridized carbons (Fsp3) is 0.625. The maximum atomic E-state index is 11.8. The second kappa shape index (κ2) is 7.92. The minimum Gasteiger partial charge on any atom is -0.392 e. The second-order valence-electron chi connectivity index (χ2n) is 5.70. The predicted molar refractivity (Wildman–Crippen MR) is 85.5 cm³/mol. The van der Waals surface area contributed by atoms with Crippen molar-refractivity contribution in [3.63, 3.8) is 0 Å². The molecule has 3 atom stereocenters. The van der Waals surface area contributed by atoms with E-state index >= 15 is 0 Å². The highest BCUT2D eigenvalue weighted by Crippen LogP contribution is 2.35. The molecular formula is C16H27NO3S. The molecule has 1 aromatic rings. The van der Waals surface area contributed by atoms with E-state index in [-0.39, 0.29) is 16.7 Å². The molecule has 0 aliphatic rings. The van der Waals surface area contributed by atoms with E-state index in [1.807, 2.05) is 13.8 Å². The number of nitrogens with two attached hydrogens (primary N) is 1. The highest BCUT2D eigenvalue weighted by Gasteiger charge is 2.29. The molecule has 120 valence electrons. The van der Waals surface area contributed by atoms with Gasteiger partial charge in [0.25, 0.3) is 0 Å². The molecule has 0 amide bonds. The highest BCUT2D eigenvalue weighted by atomic mass is 32.2. The zero-order chi connectivity index (χ0) is 16.0. The van der Waals surface area contributed by atoms with Crippen LogP contribution in [0.2, 0.25) is 0 Å². The van der Waals surface area contributed by atoms with Crippen LogP contribution in [-0.2, 0) is 10.0 Å². The Bertz CT molecular complexity index is 542. The van der Waals surface area contributed by atoms with E-state index in [0.29, 0.717) is 12.0 Å². The van der Waals surface area contributed by atoms with E-state index in [2.05, 4.69) is 6.92 Å². The molecule has 0 saturated carbocycles. The van der Waals surface area contributed by atoms with Crippen molar-refractivity contribution < 1.29 is 13.5 Å². The maximum absolute atomic E-state index is 11.8. The molecular weight excluding hydrogens is 286 g/mol. The van der Waals surface area contributed by atoms with Crippen LogP contribution in [0.1, 0.15) is 57.9 Å². The number of hydrogen-bond acceptors (Lipinski definition) is 3. The number of hydrogen-bond donors (Lipinski definition) is 2. The standard InChI is InChI=1S/C16H27NO3S/c1-4-6-10-14(18)16(12(3)5-2)13-9-7-8-11-15(13)21(17,19)20/h7-9,11-12,14,16,18H,4-6,10H2,1-3H3,(H2,17,19,20)/t12-,14?,16-/m0/s1. The van der Waals surface area contributed by atoms with Crippen LogP contribution in [0.4, 0.5) is 0 Å². The largest absolute Gasteiger partial charge is 0.392 e. The first-order chi connectivity index (χ1) is 9.82. The minimum atomic E-state index is -3.79. The molecule has 0 aliphatic carbocycles. The fourth-order valence-corrected chi connectivity index (χ4v) is 3.56. The van der Waals surface area contributed by atoms with E-state index < -0.39 is 16.1 Å². The van der Waals surface area contributed by atoms with Gasteiger partial charge in [-0.3, -0.25) is 0 Å². The summed E-state index contributed by atoms with van der Waals surface area (Å²) in [6.45, 7) is 6.16. The topological polar surface area (TPSA) is 80.4 Å². The summed E-state index contributed by atoms with van der Waals surface area (Å²) in [5.74, 6) is -0.0316. The summed E-state index contributed by atoms with van der Waals surface area (Å²) in [5.41, 5.74) is 0.637. The van der Waals surface area contributed by atoms with Gasteiger partial charge in [0.1, 0.15) is 0 Å². The van der Waals surface area contributed by atoms with E-state index in [1.54, 1.807) is 18.2 Å². The maximum Gasteiger partial charge on any atom is 0.238 e. The van der Waals surface area contributed by atoms with Crippen molar-refractivity contribution in [1.82, 2.24) is 0 Å². The number of rotatable bonds is 8. The van der Waals surface area contributed by atoms with Crippen LogP contribution < -0.4 is 5.14 Å². The Morgan fingerprint density at radius 3 is 2.38 bits per heavy atom. The van der Waals surface area contributed by atoms with Crippen molar-refractivity contribution in [1.29, 1.82) is 0 Å². The molecule has 0 aliphatic heterocycles. The third-order valence-corrected chi connectivity index (χ3v) is 5.09. The zero-order valence-corrected chi connectivity index (χ0v) is 13.9. The van der Waals surface area contributed by atoms with Gasteiger partial charge in [0.2, 0.25) is 10.0 Å². The molecule has 0 spiro atoms. The molecule has 1 rings (SSSR count). The molecule has 0 bridgehead atoms. The fourth-order valence-electron chi connectivity index (χ4n) is 2.75. The van der Waals surface area contributed by atoms with E-state index in [1.165, 1.54) is 6.07 Å². The normalized spacial score (nSPS) is 16.4. The van der Waals surface area contributed by atoms with Crippen LogP contribution in [-0.4, -0.2) is 19.6 Å². The van der Waals surface area contributed by atoms with Gasteiger partial charge in [-0.15, -0.1) is 0 Å². The van der Waals surface area contributed by atoms with Crippen LogP contribution in [0.5, 0.6) is 0 Å². The van der Waals surface area contributed by atoms with Gasteiger partial charge < -0.3 is 5.11 Å². The van der Waals surface area contributed by atoms with Gasteiger partial charge >= 0.3 is 0 Å². The third kappa shape index (κ3) is 4.80. The van der Waals surface area contributed by atoms with Crippen molar-refractivity contribution >= 4 is 10.0 Å². The summed E-state index contributed by atoms with van der Waals surface area (Å²) in [7, 11) is -3.79. The molecule has 4 nitrogen and oxygen atoms in total. The van der Waals surface area contributed by atoms with Gasteiger partial charge in [0.05, 0.1) is 11.0 Å². The lowest BCUT2D eigenvalue weighted by atomic mass is 9.80. The summed E-state index contributed by atoms with van der Waals surface area (Å²) in [6.07, 6.45) is 2.91. The first-order valence-electron chi connectivity index (χ1n) is 7.62. The smallest absolute Gasteiger partial charge is 0.238 e. The first kappa shape index (κ1) is 18.1. The Morgan fingerprint density at radius 1 is 1.24 bits per heavy atom. The van der Waals surface area contributed by atoms with E-state index in [0.717, 1.165) is 19.3 Å². The van der Waals surface area contributed by atoms with Gasteiger partial charge in [0, 0.05) is 5.92 Å². The Labute approximate surface area is 128 Å². The summed E-state index contributed by atoms with van der Waals surface area (Å²) >= 11 is 0. The third-order valence-electron chi connectivity index (χ3n) is 4.11. The summed E-state index contributed by atoms with van der Waals surface area (Å²) in [6, 6.07) is 6.75. The lowest BCUT2D eigenvalue weighted by Crippen LogP contribution is -2.27. The van der Waals surface area contributed by atoms with Gasteiger partial charge in [-0.05, 0) is 24.0 Å². The number of primary sulfonamides is 1. The number of benzene rings is 1. The molecule has 0 saturated heterocycles. The average Bonchev–Trinajstić information content (AvgIpc) is 2.44. The molecule has 21 heavy (non-hydrogen) atoms. The van der Waals surface area contributed by atoms with Crippen LogP contribution in [0, 0.1) is 5.92 Å². The minimum absolute atomic E-state index is 0.130. The van der Waals surface area contributed by atoms with E-state index in [4.69, 9.17) is 5.14 Å². The van der Waals surface area contributed by atoms with Crippen molar-refractivity contribution in [2.45, 2.75) is 63.4 Å². The molecule has 0 aromatic heterocycles. The zero-order valence-electron chi connectivity index (χ0n) is 13.1. The Kier molecular flexibility index (Phi) is 6.84. The van der Waals surface area contributed by atoms with Crippen LogP contribution >= 0.6 is 0 Å². The monoisotopic (exact) mass is 313 g/mol. The SMILES string of the molecule is CCCCC(O)[C@H](c1ccccc1S(N)(=O)=O)[C@@H](C)CC. The van der Waals surface area contributed by atoms with Gasteiger partial charge in [-0.2, -0.15) is 0 Å². The molecule has 0 fully saturated rings. The van der Waals surface area contributed by atoms with Crippen molar-refractivity contribution in [3.8, 4) is 0 Å². The average molecular weight is 313 g/mol. The Balaban J connectivity index is 3.27. The summed E-state index contributed by atoms with van der Waals surface area (Å²) in [5, 5.41) is 15.9. The molecule has 1 aromatic carbocycles. The lowest BCUT2D eigenvalue weighted by molar-refractivity contribution is 0.105. The first-order valence-corrected chi connectivity index (χ1v) is 9.17. The number of sulfonamides is 1. The molecule has 1 unspecified atom stereocenters. The van der Waals surface area contributed by atoms with E-state index in [9.17, 15) is 13.5 Å². The number of aliphatic hydroxyl groups is 1. The highest BCUT2D eigenvalue weighted by molar-refractivity contribution is 7.89. The second-order valence-corrected chi connectivity index (χ2v) is 7.23. The van der Waals surface area contributed by atoms with Gasteiger partial charge in [0.15, 0.2) is 0 Å². The van der Waals surface area contributed by atoms with Crippen LogP contribution in [0.15, 0.2) is 29.2 Å². The molecule has 0 heterocycles. The van der Waals surface area contributed by atoms with Crippen molar-refractivity contribution in [2.24, 2.45) is 11.1 Å². The Hall–Kier alpha value is -0.910. The van der Waals surface area contributed by atoms with Crippen molar-refractivity contribution in [2.75, 3.05) is 0 Å². The summed E-state index contributed by atoms with van der Waals surface area (Å²) < 4.78 is 23.6. The predicted octanol–water partition coefficient (Wildman–Crippen LogP) is 3.01.